The Morgan fingerprint density at radius 3 is 3.00 bits per heavy atom. The molecule has 17 heavy (non-hydrogen) atoms. The Bertz CT molecular complexity index is 454. The van der Waals surface area contributed by atoms with Crippen LogP contribution in [0.15, 0.2) is 6.33 Å². The number of carbonyl (C=O) groups excluding carboxylic acids is 1. The molecular weight excluding hydrogens is 242 g/mol. The number of aromatic nitrogens is 2. The average Bonchev–Trinajstić information content (AvgIpc) is 2.91. The number of fused-ring (bicyclic) bond motifs is 2. The third kappa shape index (κ3) is 1.89. The van der Waals surface area contributed by atoms with Gasteiger partial charge in [-0.15, -0.1) is 0 Å². The van der Waals surface area contributed by atoms with E-state index in [4.69, 9.17) is 16.3 Å². The molecule has 1 N–H and O–H groups in total. The summed E-state index contributed by atoms with van der Waals surface area (Å²) >= 11 is 5.84. The number of ether oxygens (including phenoxy) is 1. The molecule has 5 nitrogen and oxygen atoms in total. The first-order chi connectivity index (χ1) is 8.28. The van der Waals surface area contributed by atoms with E-state index in [1.54, 1.807) is 0 Å². The van der Waals surface area contributed by atoms with Gasteiger partial charge in [-0.2, -0.15) is 0 Å². The summed E-state index contributed by atoms with van der Waals surface area (Å²) in [6, 6.07) is 0.221. The standard InChI is InChI=1S/C11H12ClN3O2/c12-10-7(4-16)11(14-5-13-10)15-8-3-6-1-2-9(8)17-6/h4-6,8-9H,1-3H2,(H,13,14,15). The lowest BCUT2D eigenvalue weighted by Crippen LogP contribution is -2.31. The number of hydrogen-bond acceptors (Lipinski definition) is 5. The van der Waals surface area contributed by atoms with Crippen molar-refractivity contribution in [1.82, 2.24) is 9.97 Å². The molecular formula is C11H12ClN3O2. The topological polar surface area (TPSA) is 64.1 Å². The highest BCUT2D eigenvalue weighted by Crippen LogP contribution is 2.36. The largest absolute Gasteiger partial charge is 0.373 e. The van der Waals surface area contributed by atoms with Gasteiger partial charge in [0.15, 0.2) is 6.29 Å². The number of carbonyl (C=O) groups is 1. The van der Waals surface area contributed by atoms with Crippen molar-refractivity contribution in [3.63, 3.8) is 0 Å². The predicted octanol–water partition coefficient (Wildman–Crippen LogP) is 1.67. The second kappa shape index (κ2) is 4.23. The van der Waals surface area contributed by atoms with Crippen LogP contribution in [-0.2, 0) is 4.74 Å². The van der Waals surface area contributed by atoms with Crippen molar-refractivity contribution in [2.75, 3.05) is 5.32 Å². The quantitative estimate of drug-likeness (QED) is 0.656. The van der Waals surface area contributed by atoms with Gasteiger partial charge in [-0.3, -0.25) is 4.79 Å². The van der Waals surface area contributed by atoms with Crippen LogP contribution in [0.25, 0.3) is 0 Å². The molecule has 6 heteroatoms. The van der Waals surface area contributed by atoms with Crippen molar-refractivity contribution in [1.29, 1.82) is 0 Å². The van der Waals surface area contributed by atoms with Gasteiger partial charge < -0.3 is 10.1 Å². The first kappa shape index (κ1) is 10.9. The molecule has 0 spiro atoms. The molecule has 0 saturated carbocycles. The molecule has 0 aliphatic carbocycles. The zero-order chi connectivity index (χ0) is 11.8. The van der Waals surface area contributed by atoms with Gasteiger partial charge in [-0.05, 0) is 19.3 Å². The fourth-order valence-electron chi connectivity index (χ4n) is 2.56. The van der Waals surface area contributed by atoms with Crippen molar-refractivity contribution < 1.29 is 9.53 Å². The molecule has 2 saturated heterocycles. The molecule has 2 fully saturated rings. The molecule has 0 amide bonds. The Morgan fingerprint density at radius 1 is 1.47 bits per heavy atom. The fraction of sp³-hybridized carbons (Fsp3) is 0.545. The average molecular weight is 254 g/mol. The van der Waals surface area contributed by atoms with Gasteiger partial charge in [-0.1, -0.05) is 11.6 Å². The number of rotatable bonds is 3. The van der Waals surface area contributed by atoms with Crippen LogP contribution < -0.4 is 5.32 Å². The molecule has 0 aromatic carbocycles. The van der Waals surface area contributed by atoms with Crippen molar-refractivity contribution in [2.45, 2.75) is 37.5 Å². The first-order valence-electron chi connectivity index (χ1n) is 5.65. The van der Waals surface area contributed by atoms with E-state index >= 15 is 0 Å². The van der Waals surface area contributed by atoms with E-state index < -0.39 is 0 Å². The molecule has 2 aliphatic rings. The first-order valence-corrected chi connectivity index (χ1v) is 6.03. The number of halogens is 1. The van der Waals surface area contributed by atoms with Gasteiger partial charge in [0.1, 0.15) is 17.3 Å². The molecule has 3 unspecified atom stereocenters. The Balaban J connectivity index is 1.81. The van der Waals surface area contributed by atoms with Gasteiger partial charge in [0, 0.05) is 0 Å². The number of aldehydes is 1. The molecule has 3 atom stereocenters. The van der Waals surface area contributed by atoms with Crippen molar-refractivity contribution >= 4 is 23.7 Å². The predicted molar refractivity (Wildman–Crippen MR) is 62.4 cm³/mol. The van der Waals surface area contributed by atoms with Gasteiger partial charge in [0.25, 0.3) is 0 Å². The second-order valence-electron chi connectivity index (χ2n) is 4.41. The van der Waals surface area contributed by atoms with Crippen LogP contribution in [0.1, 0.15) is 29.6 Å². The third-order valence-electron chi connectivity index (χ3n) is 3.38. The highest BCUT2D eigenvalue weighted by atomic mass is 35.5. The monoisotopic (exact) mass is 253 g/mol. The van der Waals surface area contributed by atoms with Crippen LogP contribution in [0.3, 0.4) is 0 Å². The lowest BCUT2D eigenvalue weighted by atomic mass is 9.95. The molecule has 90 valence electrons. The smallest absolute Gasteiger partial charge is 0.156 e. The zero-order valence-electron chi connectivity index (χ0n) is 9.10. The minimum atomic E-state index is 0.182. The van der Waals surface area contributed by atoms with E-state index in [-0.39, 0.29) is 17.3 Å². The van der Waals surface area contributed by atoms with E-state index in [1.165, 1.54) is 6.33 Å². The lowest BCUT2D eigenvalue weighted by Gasteiger charge is -2.21. The summed E-state index contributed by atoms with van der Waals surface area (Å²) in [4.78, 5) is 18.8. The second-order valence-corrected chi connectivity index (χ2v) is 4.76. The van der Waals surface area contributed by atoms with Crippen molar-refractivity contribution in [3.05, 3.63) is 17.0 Å². The maximum absolute atomic E-state index is 10.9. The summed E-state index contributed by atoms with van der Waals surface area (Å²) < 4.78 is 5.73. The number of nitrogens with zero attached hydrogens (tertiary/aromatic N) is 2. The van der Waals surface area contributed by atoms with E-state index in [1.807, 2.05) is 0 Å². The molecule has 0 radical (unpaired) electrons. The van der Waals surface area contributed by atoms with Crippen molar-refractivity contribution in [2.24, 2.45) is 0 Å². The van der Waals surface area contributed by atoms with E-state index in [0.717, 1.165) is 19.3 Å². The summed E-state index contributed by atoms with van der Waals surface area (Å²) in [6.45, 7) is 0. The molecule has 2 bridgehead atoms. The summed E-state index contributed by atoms with van der Waals surface area (Å²) in [5, 5.41) is 3.42. The van der Waals surface area contributed by atoms with Crippen LogP contribution in [0, 0.1) is 0 Å². The van der Waals surface area contributed by atoms with Crippen LogP contribution in [0.5, 0.6) is 0 Å². The van der Waals surface area contributed by atoms with Crippen molar-refractivity contribution in [3.8, 4) is 0 Å². The summed E-state index contributed by atoms with van der Waals surface area (Å²) in [7, 11) is 0. The third-order valence-corrected chi connectivity index (χ3v) is 3.68. The molecule has 1 aromatic heterocycles. The highest BCUT2D eigenvalue weighted by Gasteiger charge is 2.41. The Morgan fingerprint density at radius 2 is 2.35 bits per heavy atom. The maximum atomic E-state index is 10.9. The highest BCUT2D eigenvalue weighted by molar-refractivity contribution is 6.32. The summed E-state index contributed by atoms with van der Waals surface area (Å²) in [5.41, 5.74) is 0.317. The fourth-order valence-corrected chi connectivity index (χ4v) is 2.74. The van der Waals surface area contributed by atoms with Gasteiger partial charge in [0.05, 0.1) is 23.8 Å². The zero-order valence-corrected chi connectivity index (χ0v) is 9.85. The van der Waals surface area contributed by atoms with Crippen LogP contribution in [0.2, 0.25) is 5.15 Å². The molecule has 3 heterocycles. The van der Waals surface area contributed by atoms with Gasteiger partial charge >= 0.3 is 0 Å². The Hall–Kier alpha value is -1.20. The molecule has 2 aliphatic heterocycles. The number of nitrogens with one attached hydrogen (secondary N) is 1. The Kier molecular flexibility index (Phi) is 2.72. The van der Waals surface area contributed by atoms with Gasteiger partial charge in [0.2, 0.25) is 0 Å². The normalized spacial score (nSPS) is 30.5. The summed E-state index contributed by atoms with van der Waals surface area (Å²) in [5.74, 6) is 0.501. The lowest BCUT2D eigenvalue weighted by molar-refractivity contribution is 0.102. The maximum Gasteiger partial charge on any atom is 0.156 e. The summed E-state index contributed by atoms with van der Waals surface area (Å²) in [6.07, 6.45) is 5.78. The number of hydrogen-bond donors (Lipinski definition) is 1. The minimum Gasteiger partial charge on any atom is -0.373 e. The van der Waals surface area contributed by atoms with Crippen LogP contribution in [-0.4, -0.2) is 34.5 Å². The van der Waals surface area contributed by atoms with Crippen LogP contribution in [0.4, 0.5) is 5.82 Å². The van der Waals surface area contributed by atoms with E-state index in [0.29, 0.717) is 23.8 Å². The number of anilines is 1. The Labute approximate surface area is 104 Å². The van der Waals surface area contributed by atoms with E-state index in [2.05, 4.69) is 15.3 Å². The molecule has 3 rings (SSSR count). The van der Waals surface area contributed by atoms with Gasteiger partial charge in [-0.25, -0.2) is 9.97 Å². The van der Waals surface area contributed by atoms with E-state index in [9.17, 15) is 4.79 Å². The van der Waals surface area contributed by atoms with Crippen LogP contribution >= 0.6 is 11.6 Å². The minimum absolute atomic E-state index is 0.182. The SMILES string of the molecule is O=Cc1c(Cl)ncnc1NC1CC2CCC1O2. The molecule has 1 aromatic rings.